The van der Waals surface area contributed by atoms with Crippen molar-refractivity contribution < 1.29 is 19.1 Å². The number of H-pyrrole nitrogens is 2. The lowest BCUT2D eigenvalue weighted by Crippen LogP contribution is -2.63. The second kappa shape index (κ2) is 7.67. The zero-order valence-electron chi connectivity index (χ0n) is 18.0. The highest BCUT2D eigenvalue weighted by Crippen LogP contribution is 2.35. The fourth-order valence-corrected chi connectivity index (χ4v) is 5.05. The molecule has 0 unspecified atom stereocenters. The van der Waals surface area contributed by atoms with Gasteiger partial charge >= 0.3 is 17.8 Å². The van der Waals surface area contributed by atoms with Gasteiger partial charge in [0.2, 0.25) is 0 Å². The molecule has 2 aromatic carbocycles. The third kappa shape index (κ3) is 3.34. The van der Waals surface area contributed by atoms with Gasteiger partial charge in [0.1, 0.15) is 6.54 Å². The zero-order chi connectivity index (χ0) is 22.4. The van der Waals surface area contributed by atoms with Crippen LogP contribution >= 0.6 is 0 Å². The van der Waals surface area contributed by atoms with Crippen molar-refractivity contribution in [3.8, 4) is 0 Å². The largest absolute Gasteiger partial charge is 0.421 e. The van der Waals surface area contributed by atoms with E-state index >= 15 is 0 Å². The summed E-state index contributed by atoms with van der Waals surface area (Å²) in [6.45, 7) is 2.24. The van der Waals surface area contributed by atoms with E-state index < -0.39 is 17.8 Å². The van der Waals surface area contributed by atoms with Crippen molar-refractivity contribution in [3.63, 3.8) is 0 Å². The second-order valence-electron chi connectivity index (χ2n) is 8.58. The summed E-state index contributed by atoms with van der Waals surface area (Å²) in [5.41, 5.74) is 4.42. The monoisotopic (exact) mass is 444 g/mol. The predicted octanol–water partition coefficient (Wildman–Crippen LogP) is 3.16. The van der Waals surface area contributed by atoms with E-state index in [0.717, 1.165) is 41.5 Å². The van der Waals surface area contributed by atoms with Crippen LogP contribution in [-0.4, -0.2) is 58.9 Å². The van der Waals surface area contributed by atoms with Gasteiger partial charge in [-0.2, -0.15) is 0 Å². The van der Waals surface area contributed by atoms with Gasteiger partial charge in [-0.3, -0.25) is 0 Å². The van der Waals surface area contributed by atoms with Crippen molar-refractivity contribution in [3.05, 3.63) is 66.5 Å². The Morgan fingerprint density at radius 3 is 2.55 bits per heavy atom. The average Bonchev–Trinajstić information content (AvgIpc) is 3.53. The topological polar surface area (TPSA) is 90.7 Å². The molecule has 2 N–H and O–H groups in total. The molecule has 0 radical (unpaired) electrons. The highest BCUT2D eigenvalue weighted by atomic mass is 16.8. The van der Waals surface area contributed by atoms with Gasteiger partial charge in [0, 0.05) is 59.5 Å². The first-order valence-electron chi connectivity index (χ1n) is 11.2. The molecule has 2 saturated heterocycles. The molecule has 0 atom stereocenters. The number of benzene rings is 2. The van der Waals surface area contributed by atoms with E-state index in [-0.39, 0.29) is 6.54 Å². The normalized spacial score (nSPS) is 18.4. The molecule has 2 aliphatic rings. The van der Waals surface area contributed by atoms with Crippen LogP contribution < -0.4 is 4.90 Å². The molecule has 6 rings (SSSR count). The minimum absolute atomic E-state index is 0.266. The number of carbonyl (C=O) groups is 2. The minimum atomic E-state index is -1.40. The Labute approximate surface area is 190 Å². The number of esters is 2. The molecule has 0 aliphatic carbocycles. The fourth-order valence-electron chi connectivity index (χ4n) is 5.05. The van der Waals surface area contributed by atoms with Crippen molar-refractivity contribution >= 4 is 39.4 Å². The molecule has 8 heteroatoms. The summed E-state index contributed by atoms with van der Waals surface area (Å²) in [7, 11) is 0. The van der Waals surface area contributed by atoms with E-state index in [1.807, 2.05) is 53.7 Å². The lowest BCUT2D eigenvalue weighted by atomic mass is 10.1. The van der Waals surface area contributed by atoms with Crippen LogP contribution in [-0.2, 0) is 25.5 Å². The maximum atomic E-state index is 12.1. The van der Waals surface area contributed by atoms with E-state index in [4.69, 9.17) is 9.47 Å². The van der Waals surface area contributed by atoms with Crippen molar-refractivity contribution in [1.82, 2.24) is 14.9 Å². The number of aryl methyl sites for hydroxylation is 1. The summed E-state index contributed by atoms with van der Waals surface area (Å²) < 4.78 is 11.2. The van der Waals surface area contributed by atoms with Gasteiger partial charge < -0.3 is 24.3 Å². The number of nitrogens with zero attached hydrogens (tertiary/aromatic N) is 2. The summed E-state index contributed by atoms with van der Waals surface area (Å²) in [5.74, 6) is -3.26. The first-order valence-corrected chi connectivity index (χ1v) is 11.2. The van der Waals surface area contributed by atoms with Gasteiger partial charge in [0.15, 0.2) is 0 Å². The van der Waals surface area contributed by atoms with Crippen molar-refractivity contribution in [2.24, 2.45) is 0 Å². The molecule has 0 bridgehead atoms. The van der Waals surface area contributed by atoms with Gasteiger partial charge in [-0.1, -0.05) is 24.3 Å². The number of para-hydroxylation sites is 1. The standard InChI is InChI=1S/C25H24N4O4/c30-23-24(31)33-25(32-23)16-28(22-9-3-8-21-19(22)10-11-26-21)13-14-29(25)12-4-5-17-15-27-20-7-2-1-6-18(17)20/h1-3,6-11,15,26-27H,4-5,12-14,16H2. The van der Waals surface area contributed by atoms with E-state index in [1.54, 1.807) is 0 Å². The number of anilines is 1. The number of aromatic amines is 2. The van der Waals surface area contributed by atoms with E-state index in [0.29, 0.717) is 13.1 Å². The van der Waals surface area contributed by atoms with Gasteiger partial charge in [0.05, 0.1) is 0 Å². The van der Waals surface area contributed by atoms with Crippen LogP contribution in [0, 0.1) is 0 Å². The third-order valence-electron chi connectivity index (χ3n) is 6.65. The first-order chi connectivity index (χ1) is 16.1. The Kier molecular flexibility index (Phi) is 4.62. The molecule has 1 spiro atoms. The highest BCUT2D eigenvalue weighted by Gasteiger charge is 2.55. The number of piperazine rings is 1. The number of ether oxygens (including phenoxy) is 2. The Balaban J connectivity index is 1.22. The molecule has 0 amide bonds. The number of nitrogens with one attached hydrogen (secondary N) is 2. The Morgan fingerprint density at radius 2 is 1.67 bits per heavy atom. The third-order valence-corrected chi connectivity index (χ3v) is 6.65. The number of fused-ring (bicyclic) bond motifs is 2. The van der Waals surface area contributed by atoms with Crippen LogP contribution in [0.3, 0.4) is 0 Å². The van der Waals surface area contributed by atoms with Crippen LogP contribution in [0.1, 0.15) is 12.0 Å². The lowest BCUT2D eigenvalue weighted by molar-refractivity contribution is -0.250. The van der Waals surface area contributed by atoms with Gasteiger partial charge in [-0.15, -0.1) is 0 Å². The molecule has 4 aromatic rings. The number of carbonyl (C=O) groups excluding carboxylic acids is 2. The summed E-state index contributed by atoms with van der Waals surface area (Å²) in [6, 6.07) is 16.3. The quantitative estimate of drug-likeness (QED) is 0.363. The van der Waals surface area contributed by atoms with Gasteiger partial charge in [-0.05, 0) is 42.7 Å². The fraction of sp³-hybridized carbons (Fsp3) is 0.280. The van der Waals surface area contributed by atoms with Crippen LogP contribution in [0.4, 0.5) is 5.69 Å². The summed E-state index contributed by atoms with van der Waals surface area (Å²) in [5, 5.41) is 2.30. The predicted molar refractivity (Wildman–Crippen MR) is 124 cm³/mol. The molecule has 168 valence electrons. The number of hydrogen-bond acceptors (Lipinski definition) is 6. The number of aromatic nitrogens is 2. The van der Waals surface area contributed by atoms with E-state index in [1.165, 1.54) is 10.9 Å². The Bertz CT molecular complexity index is 1340. The molecule has 8 nitrogen and oxygen atoms in total. The van der Waals surface area contributed by atoms with Crippen LogP contribution in [0.15, 0.2) is 60.9 Å². The number of rotatable bonds is 5. The van der Waals surface area contributed by atoms with Crippen molar-refractivity contribution in [2.75, 3.05) is 31.1 Å². The SMILES string of the molecule is O=C1OC2(CN(c3cccc4[nH]ccc34)CCN2CCCc2c[nH]c3ccccc23)OC1=O. The minimum Gasteiger partial charge on any atom is -0.398 e. The maximum absolute atomic E-state index is 12.1. The lowest BCUT2D eigenvalue weighted by Gasteiger charge is -2.45. The number of hydrogen-bond donors (Lipinski definition) is 2. The molecular formula is C25H24N4O4. The smallest absolute Gasteiger partial charge is 0.398 e. The molecule has 0 saturated carbocycles. The molecule has 2 aliphatic heterocycles. The van der Waals surface area contributed by atoms with E-state index in [2.05, 4.69) is 27.0 Å². The summed E-state index contributed by atoms with van der Waals surface area (Å²) in [6.07, 6.45) is 5.66. The second-order valence-corrected chi connectivity index (χ2v) is 8.58. The molecular weight excluding hydrogens is 420 g/mol. The first kappa shape index (κ1) is 19.9. The highest BCUT2D eigenvalue weighted by molar-refractivity contribution is 6.31. The van der Waals surface area contributed by atoms with Crippen LogP contribution in [0.2, 0.25) is 0 Å². The summed E-state index contributed by atoms with van der Waals surface area (Å²) >= 11 is 0. The van der Waals surface area contributed by atoms with Crippen molar-refractivity contribution in [1.29, 1.82) is 0 Å². The van der Waals surface area contributed by atoms with Gasteiger partial charge in [-0.25, -0.2) is 14.5 Å². The molecule has 4 heterocycles. The Hall–Kier alpha value is -3.78. The van der Waals surface area contributed by atoms with Crippen LogP contribution in [0.25, 0.3) is 21.8 Å². The maximum Gasteiger partial charge on any atom is 0.421 e. The molecule has 33 heavy (non-hydrogen) atoms. The Morgan fingerprint density at radius 1 is 0.879 bits per heavy atom. The zero-order valence-corrected chi connectivity index (χ0v) is 18.0. The average molecular weight is 444 g/mol. The van der Waals surface area contributed by atoms with Gasteiger partial charge in [0.25, 0.3) is 0 Å². The molecule has 2 fully saturated rings. The van der Waals surface area contributed by atoms with Crippen LogP contribution in [0.5, 0.6) is 0 Å². The molecule has 2 aromatic heterocycles. The van der Waals surface area contributed by atoms with E-state index in [9.17, 15) is 9.59 Å². The van der Waals surface area contributed by atoms with Crippen molar-refractivity contribution in [2.45, 2.75) is 18.8 Å². The summed E-state index contributed by atoms with van der Waals surface area (Å²) in [4.78, 5) is 34.8.